The summed E-state index contributed by atoms with van der Waals surface area (Å²) in [4.78, 5) is 23.6. The molecule has 0 unspecified atom stereocenters. The number of aryl methyl sites for hydroxylation is 1. The molecule has 19 heavy (non-hydrogen) atoms. The molecule has 1 fully saturated rings. The highest BCUT2D eigenvalue weighted by Gasteiger charge is 2.18. The van der Waals surface area contributed by atoms with Crippen LogP contribution in [0.3, 0.4) is 0 Å². The minimum atomic E-state index is -0.0904. The van der Waals surface area contributed by atoms with E-state index >= 15 is 0 Å². The van der Waals surface area contributed by atoms with Gasteiger partial charge in [-0.15, -0.1) is 0 Å². The van der Waals surface area contributed by atoms with Crippen LogP contribution in [0.2, 0.25) is 0 Å². The molecule has 0 atom stereocenters. The molecule has 0 bridgehead atoms. The normalized spacial score (nSPS) is 16.6. The predicted octanol–water partition coefficient (Wildman–Crippen LogP) is -0.260. The first kappa shape index (κ1) is 14.0. The Labute approximate surface area is 117 Å². The molecule has 6 nitrogen and oxygen atoms in total. The van der Waals surface area contributed by atoms with E-state index in [0.29, 0.717) is 11.5 Å². The van der Waals surface area contributed by atoms with E-state index in [9.17, 15) is 4.79 Å². The lowest BCUT2D eigenvalue weighted by molar-refractivity contribution is 0.291. The summed E-state index contributed by atoms with van der Waals surface area (Å²) in [5.74, 6) is 1.49. The minimum absolute atomic E-state index is 0.0904. The van der Waals surface area contributed by atoms with Gasteiger partial charge < -0.3 is 15.6 Å². The van der Waals surface area contributed by atoms with Crippen molar-refractivity contribution in [2.75, 3.05) is 37.6 Å². The fraction of sp³-hybridized carbons (Fsp3) is 0.583. The number of thiocarbonyl (C=S) groups is 1. The summed E-state index contributed by atoms with van der Waals surface area (Å²) >= 11 is 4.91. The minimum Gasteiger partial charge on any atom is -0.392 e. The average molecular weight is 281 g/mol. The molecular formula is C12H19N5OS. The third-order valence-corrected chi connectivity index (χ3v) is 3.32. The predicted molar refractivity (Wildman–Crippen MR) is 79.7 cm³/mol. The zero-order valence-electron chi connectivity index (χ0n) is 11.1. The van der Waals surface area contributed by atoms with E-state index in [4.69, 9.17) is 18.0 Å². The van der Waals surface area contributed by atoms with E-state index in [-0.39, 0.29) is 5.56 Å². The summed E-state index contributed by atoms with van der Waals surface area (Å²) in [5, 5.41) is 0. The topological polar surface area (TPSA) is 78.2 Å². The Hall–Kier alpha value is -1.47. The monoisotopic (exact) mass is 281 g/mol. The third kappa shape index (κ3) is 3.74. The van der Waals surface area contributed by atoms with Crippen molar-refractivity contribution < 1.29 is 0 Å². The number of nitrogens with zero attached hydrogens (tertiary/aromatic N) is 3. The Kier molecular flexibility index (Phi) is 4.49. The van der Waals surface area contributed by atoms with Gasteiger partial charge in [0.25, 0.3) is 5.56 Å². The van der Waals surface area contributed by atoms with Crippen LogP contribution < -0.4 is 16.2 Å². The van der Waals surface area contributed by atoms with Crippen molar-refractivity contribution in [3.63, 3.8) is 0 Å². The van der Waals surface area contributed by atoms with Gasteiger partial charge in [0, 0.05) is 45.2 Å². The summed E-state index contributed by atoms with van der Waals surface area (Å²) < 4.78 is 0. The number of hydrogen-bond acceptors (Lipinski definition) is 5. The van der Waals surface area contributed by atoms with Crippen molar-refractivity contribution in [2.45, 2.75) is 13.3 Å². The van der Waals surface area contributed by atoms with Gasteiger partial charge in [0.15, 0.2) is 0 Å². The molecule has 0 aliphatic carbocycles. The van der Waals surface area contributed by atoms with E-state index < -0.39 is 0 Å². The number of aromatic amines is 1. The Morgan fingerprint density at radius 2 is 2.16 bits per heavy atom. The van der Waals surface area contributed by atoms with Crippen molar-refractivity contribution in [3.05, 3.63) is 22.2 Å². The molecular weight excluding hydrogens is 262 g/mol. The lowest BCUT2D eigenvalue weighted by Gasteiger charge is -2.35. The van der Waals surface area contributed by atoms with E-state index in [1.165, 1.54) is 0 Å². The Morgan fingerprint density at radius 1 is 1.47 bits per heavy atom. The highest BCUT2D eigenvalue weighted by atomic mass is 32.1. The molecule has 0 spiro atoms. The Morgan fingerprint density at radius 3 is 2.74 bits per heavy atom. The highest BCUT2D eigenvalue weighted by molar-refractivity contribution is 7.80. The van der Waals surface area contributed by atoms with Crippen molar-refractivity contribution in [2.24, 2.45) is 5.73 Å². The second-order valence-electron chi connectivity index (χ2n) is 4.63. The van der Waals surface area contributed by atoms with Crippen LogP contribution in [0.4, 0.5) is 5.82 Å². The standard InChI is InChI=1S/C12H19N5OS/c1-2-10-14-11(7-12(18)15-10)17-5-3-16(4-6-17)8-9(13)19/h7H,2-6,8H2,1H3,(H2,13,19)(H,14,15,18). The molecule has 0 aromatic carbocycles. The van der Waals surface area contributed by atoms with E-state index in [2.05, 4.69) is 19.8 Å². The van der Waals surface area contributed by atoms with Gasteiger partial charge in [-0.1, -0.05) is 19.1 Å². The van der Waals surface area contributed by atoms with Crippen molar-refractivity contribution >= 4 is 23.0 Å². The highest BCUT2D eigenvalue weighted by Crippen LogP contribution is 2.11. The number of piperazine rings is 1. The van der Waals surface area contributed by atoms with Gasteiger partial charge in [0.1, 0.15) is 11.6 Å². The maximum absolute atomic E-state index is 11.6. The second-order valence-corrected chi connectivity index (χ2v) is 5.16. The van der Waals surface area contributed by atoms with Gasteiger partial charge in [-0.3, -0.25) is 9.69 Å². The van der Waals surface area contributed by atoms with Crippen LogP contribution in [-0.4, -0.2) is 52.6 Å². The summed E-state index contributed by atoms with van der Waals surface area (Å²) in [7, 11) is 0. The Balaban J connectivity index is 2.03. The largest absolute Gasteiger partial charge is 0.392 e. The first-order valence-electron chi connectivity index (χ1n) is 6.44. The molecule has 1 saturated heterocycles. The van der Waals surface area contributed by atoms with Crippen LogP contribution >= 0.6 is 12.2 Å². The second kappa shape index (κ2) is 6.12. The lowest BCUT2D eigenvalue weighted by atomic mass is 10.3. The first-order valence-corrected chi connectivity index (χ1v) is 6.85. The molecule has 1 aromatic heterocycles. The fourth-order valence-corrected chi connectivity index (χ4v) is 2.36. The zero-order chi connectivity index (χ0) is 13.8. The molecule has 3 N–H and O–H groups in total. The molecule has 2 rings (SSSR count). The van der Waals surface area contributed by atoms with E-state index in [1.54, 1.807) is 6.07 Å². The van der Waals surface area contributed by atoms with Gasteiger partial charge >= 0.3 is 0 Å². The zero-order valence-corrected chi connectivity index (χ0v) is 11.9. The SMILES string of the molecule is CCc1nc(N2CCN(CC(N)=S)CC2)cc(=O)[nH]1. The summed E-state index contributed by atoms with van der Waals surface area (Å²) in [6.45, 7) is 6.07. The molecule has 104 valence electrons. The molecule has 7 heteroatoms. The molecule has 0 amide bonds. The van der Waals surface area contributed by atoms with Crippen LogP contribution in [0.5, 0.6) is 0 Å². The van der Waals surface area contributed by atoms with Crippen LogP contribution in [0.1, 0.15) is 12.7 Å². The first-order chi connectivity index (χ1) is 9.08. The van der Waals surface area contributed by atoms with Gasteiger partial charge in [-0.05, 0) is 0 Å². The van der Waals surface area contributed by atoms with Gasteiger partial charge in [-0.2, -0.15) is 0 Å². The van der Waals surface area contributed by atoms with Crippen LogP contribution in [0.25, 0.3) is 0 Å². The lowest BCUT2D eigenvalue weighted by Crippen LogP contribution is -2.49. The molecule has 1 aliphatic rings. The number of rotatable bonds is 4. The number of anilines is 1. The number of nitrogens with two attached hydrogens (primary N) is 1. The quantitative estimate of drug-likeness (QED) is 0.741. The van der Waals surface area contributed by atoms with Gasteiger partial charge in [0.05, 0.1) is 4.99 Å². The maximum Gasteiger partial charge on any atom is 0.252 e. The third-order valence-electron chi connectivity index (χ3n) is 3.19. The van der Waals surface area contributed by atoms with Crippen molar-refractivity contribution in [1.82, 2.24) is 14.9 Å². The maximum atomic E-state index is 11.6. The summed E-state index contributed by atoms with van der Waals surface area (Å²) in [6, 6.07) is 1.56. The van der Waals surface area contributed by atoms with Crippen LogP contribution in [-0.2, 0) is 6.42 Å². The van der Waals surface area contributed by atoms with Crippen molar-refractivity contribution in [3.8, 4) is 0 Å². The number of aromatic nitrogens is 2. The number of hydrogen-bond donors (Lipinski definition) is 2. The smallest absolute Gasteiger partial charge is 0.252 e. The number of nitrogens with one attached hydrogen (secondary N) is 1. The van der Waals surface area contributed by atoms with Crippen LogP contribution in [0, 0.1) is 0 Å². The van der Waals surface area contributed by atoms with Gasteiger partial charge in [0.2, 0.25) is 0 Å². The van der Waals surface area contributed by atoms with Crippen LogP contribution in [0.15, 0.2) is 10.9 Å². The molecule has 0 radical (unpaired) electrons. The van der Waals surface area contributed by atoms with Gasteiger partial charge in [-0.25, -0.2) is 4.98 Å². The summed E-state index contributed by atoms with van der Waals surface area (Å²) in [5.41, 5.74) is 5.45. The van der Waals surface area contributed by atoms with Crippen molar-refractivity contribution in [1.29, 1.82) is 0 Å². The molecule has 1 aromatic rings. The molecule has 1 aliphatic heterocycles. The molecule has 2 heterocycles. The summed E-state index contributed by atoms with van der Waals surface area (Å²) in [6.07, 6.45) is 0.727. The fourth-order valence-electron chi connectivity index (χ4n) is 2.18. The number of H-pyrrole nitrogens is 1. The van der Waals surface area contributed by atoms with E-state index in [1.807, 2.05) is 6.92 Å². The average Bonchev–Trinajstić information content (AvgIpc) is 2.38. The Bertz CT molecular complexity index is 507. The molecule has 0 saturated carbocycles. The van der Waals surface area contributed by atoms with E-state index in [0.717, 1.165) is 44.2 Å².